The van der Waals surface area contributed by atoms with Gasteiger partial charge in [-0.3, -0.25) is 4.79 Å². The van der Waals surface area contributed by atoms with Crippen LogP contribution < -0.4 is 11.1 Å². The van der Waals surface area contributed by atoms with Crippen LogP contribution in [-0.4, -0.2) is 328 Å². The number of carbonyl (C=O) groups excluding carboxylic acids is 1. The Kier molecular flexibility index (Phi) is 24.7. The average Bonchev–Trinajstić information content (AvgIpc) is 3.40. The summed E-state index contributed by atoms with van der Waals surface area (Å²) < 4.78 is 69.5. The zero-order valence-corrected chi connectivity index (χ0v) is 43.1. The van der Waals surface area contributed by atoms with E-state index in [1.807, 2.05) is 22.6 Å². The first-order valence-electron chi connectivity index (χ1n) is 24.8. The normalized spacial score (nSPS) is 48.4. The number of rotatable bonds is 23. The molecule has 6 aliphatic rings. The van der Waals surface area contributed by atoms with Crippen LogP contribution in [0.2, 0.25) is 0 Å². The van der Waals surface area contributed by atoms with Crippen LogP contribution in [0.1, 0.15) is 26.2 Å². The number of nitrogens with two attached hydrogens (primary N) is 1. The second kappa shape index (κ2) is 29.3. The van der Waals surface area contributed by atoms with E-state index in [1.165, 1.54) is 0 Å². The summed E-state index contributed by atoms with van der Waals surface area (Å²) in [5.41, 5.74) is 5.51. The smallest absolute Gasteiger partial charge is 0.217 e. The van der Waals surface area contributed by atoms with E-state index in [0.29, 0.717) is 19.4 Å². The second-order valence-corrected chi connectivity index (χ2v) is 20.0. The minimum atomic E-state index is -2.21. The number of carbonyl (C=O) groups is 1. The highest BCUT2D eigenvalue weighted by atomic mass is 127. The lowest BCUT2D eigenvalue weighted by Crippen LogP contribution is -2.70. The van der Waals surface area contributed by atoms with Gasteiger partial charge in [-0.15, -0.1) is 0 Å². The highest BCUT2D eigenvalue weighted by molar-refractivity contribution is 14.1. The maximum absolute atomic E-state index is 12.8. The zero-order chi connectivity index (χ0) is 55.9. The second-order valence-electron chi connectivity index (χ2n) is 19.2. The number of ether oxygens (including phenoxy) is 12. The first kappa shape index (κ1) is 64.2. The van der Waals surface area contributed by atoms with Gasteiger partial charge in [0.2, 0.25) is 5.91 Å². The summed E-state index contributed by atoms with van der Waals surface area (Å²) in [5, 5.41) is 187. The van der Waals surface area contributed by atoms with Crippen LogP contribution in [0.3, 0.4) is 0 Å². The number of nitrogens with one attached hydrogen (secondary N) is 1. The third kappa shape index (κ3) is 14.4. The van der Waals surface area contributed by atoms with E-state index >= 15 is 0 Å². The van der Waals surface area contributed by atoms with Gasteiger partial charge in [-0.2, -0.15) is 0 Å². The number of amides is 1. The fourth-order valence-corrected chi connectivity index (χ4v) is 10.3. The van der Waals surface area contributed by atoms with Gasteiger partial charge in [0, 0.05) is 18.0 Å². The predicted molar refractivity (Wildman–Crippen MR) is 249 cm³/mol. The Bertz CT molecular complexity index is 1740. The topological polar surface area (TPSA) is 510 Å². The van der Waals surface area contributed by atoms with Crippen molar-refractivity contribution in [2.45, 2.75) is 210 Å². The molecule has 30 atom stereocenters. The molecule has 33 heteroatoms. The summed E-state index contributed by atoms with van der Waals surface area (Å²) >= 11 is 1.83. The highest BCUT2D eigenvalue weighted by Crippen LogP contribution is 2.37. The molecule has 6 fully saturated rings. The molecule has 0 spiro atoms. The molecule has 444 valence electrons. The lowest BCUT2D eigenvalue weighted by molar-refractivity contribution is -0.393. The minimum Gasteiger partial charge on any atom is -0.394 e. The number of unbranched alkanes of at least 4 members (excludes halogenated alkanes) is 2. The summed E-state index contributed by atoms with van der Waals surface area (Å²) in [5.74, 6) is -0.858. The predicted octanol–water partition coefficient (Wildman–Crippen LogP) is -11.4. The molecule has 0 aromatic carbocycles. The molecule has 0 aromatic rings. The molecule has 76 heavy (non-hydrogen) atoms. The Labute approximate surface area is 447 Å². The van der Waals surface area contributed by atoms with Crippen LogP contribution in [0, 0.1) is 0 Å². The van der Waals surface area contributed by atoms with Gasteiger partial charge in [-0.1, -0.05) is 22.6 Å². The highest BCUT2D eigenvalue weighted by Gasteiger charge is 2.58. The largest absolute Gasteiger partial charge is 0.394 e. The Morgan fingerprint density at radius 3 is 1.36 bits per heavy atom. The Hall–Kier alpha value is -1.00. The lowest BCUT2D eigenvalue weighted by Gasteiger charge is -2.51. The van der Waals surface area contributed by atoms with E-state index in [-0.39, 0.29) is 11.0 Å². The Morgan fingerprint density at radius 2 is 0.816 bits per heavy atom. The Morgan fingerprint density at radius 1 is 0.421 bits per heavy atom. The van der Waals surface area contributed by atoms with Crippen molar-refractivity contribution in [3.63, 3.8) is 0 Å². The van der Waals surface area contributed by atoms with Crippen molar-refractivity contribution in [2.24, 2.45) is 5.73 Å². The molecule has 0 aliphatic carbocycles. The molecular formula is C43H75IN2O30. The zero-order valence-electron chi connectivity index (χ0n) is 41.0. The van der Waals surface area contributed by atoms with E-state index in [0.717, 1.165) is 13.3 Å². The van der Waals surface area contributed by atoms with Crippen molar-refractivity contribution in [1.82, 2.24) is 5.32 Å². The van der Waals surface area contributed by atoms with Crippen molar-refractivity contribution in [3.05, 3.63) is 0 Å². The monoisotopic (exact) mass is 1230 g/mol. The van der Waals surface area contributed by atoms with Crippen LogP contribution in [0.15, 0.2) is 0 Å². The maximum Gasteiger partial charge on any atom is 0.217 e. The molecule has 0 bridgehead atoms. The van der Waals surface area contributed by atoms with Gasteiger partial charge < -0.3 is 155 Å². The van der Waals surface area contributed by atoms with Gasteiger partial charge in [0.25, 0.3) is 0 Å². The van der Waals surface area contributed by atoms with Crippen LogP contribution in [0.5, 0.6) is 0 Å². The van der Waals surface area contributed by atoms with Crippen molar-refractivity contribution in [3.8, 4) is 0 Å². The molecule has 0 aromatic heterocycles. The van der Waals surface area contributed by atoms with Crippen LogP contribution in [-0.2, 0) is 61.6 Å². The van der Waals surface area contributed by atoms with Crippen LogP contribution >= 0.6 is 22.6 Å². The first-order chi connectivity index (χ1) is 36.2. The van der Waals surface area contributed by atoms with Crippen molar-refractivity contribution in [1.29, 1.82) is 0 Å². The molecule has 6 saturated heterocycles. The van der Waals surface area contributed by atoms with Gasteiger partial charge in [-0.05, 0) is 25.8 Å². The molecule has 6 aliphatic heterocycles. The van der Waals surface area contributed by atoms with Crippen molar-refractivity contribution < 1.29 is 148 Å². The summed E-state index contributed by atoms with van der Waals surface area (Å²) in [6.45, 7) is -3.18. The summed E-state index contributed by atoms with van der Waals surface area (Å²) in [6.07, 6.45) is -51.2. The maximum atomic E-state index is 12.8. The molecular weight excluding hydrogens is 1150 g/mol. The molecule has 6 heterocycles. The van der Waals surface area contributed by atoms with E-state index in [2.05, 4.69) is 5.32 Å². The molecule has 0 saturated carbocycles. The van der Waals surface area contributed by atoms with Crippen molar-refractivity contribution in [2.75, 3.05) is 50.6 Å². The van der Waals surface area contributed by atoms with Gasteiger partial charge >= 0.3 is 0 Å². The number of alkyl halides is 1. The summed E-state index contributed by atoms with van der Waals surface area (Å²) in [6, 6.07) is -1.79. The van der Waals surface area contributed by atoms with Gasteiger partial charge in [0.15, 0.2) is 37.7 Å². The number of hydrogen-bond donors (Lipinski definition) is 19. The van der Waals surface area contributed by atoms with E-state index < -0.39 is 223 Å². The summed E-state index contributed by atoms with van der Waals surface area (Å²) in [4.78, 5) is 12.8. The number of hydrogen-bond acceptors (Lipinski definition) is 31. The number of halogens is 1. The molecule has 32 nitrogen and oxygen atoms in total. The van der Waals surface area contributed by atoms with E-state index in [1.54, 1.807) is 0 Å². The van der Waals surface area contributed by atoms with Crippen LogP contribution in [0.25, 0.3) is 0 Å². The third-order valence-corrected chi connectivity index (χ3v) is 14.8. The van der Waals surface area contributed by atoms with E-state index in [9.17, 15) is 91.6 Å². The lowest BCUT2D eigenvalue weighted by atomic mass is 9.94. The van der Waals surface area contributed by atoms with Gasteiger partial charge in [0.1, 0.15) is 140 Å². The average molecular weight is 1230 g/mol. The molecule has 18 unspecified atom stereocenters. The van der Waals surface area contributed by atoms with Gasteiger partial charge in [-0.25, -0.2) is 0 Å². The van der Waals surface area contributed by atoms with Crippen molar-refractivity contribution >= 4 is 28.5 Å². The SMILES string of the molecule is CC(=O)NC1C(O[C@@H]2OC(CO)[C@H](O)C(O)C2O[C@@H]2OC(CI)[C@@H](O)C(O)C2O)[C@@H](O)C(CO)O[C@H]1OC1C(O)[C@@H](O[C@H]2C(CO)O[C@@H](O[C@@H]3C(CO)O[C@@H](OCCCCCN)C(O)C3O)C(O)C2O)OC(CO)[C@@H]1O. The molecule has 6 rings (SSSR count). The fourth-order valence-electron chi connectivity index (χ4n) is 9.62. The Balaban J connectivity index is 1.20. The third-order valence-electron chi connectivity index (χ3n) is 13.9. The molecule has 20 N–H and O–H groups in total. The minimum absolute atomic E-state index is 0.0672. The standard InChI is InChI=1S/C43H75IN2O30/c1-13(52)46-20-35(74-43-37(26(58)22(54)15(8-47)69-43)76-40-29(61)25(57)21(53)14(7-44)66-40)23(55)16(9-48)67-38(20)75-36-24(56)17(10-49)68-42(32(36)64)73-34-19(12-51)71-41(31(63)28(34)60)72-33-18(11-50)70-39(30(62)27(33)59)65-6-4-2-3-5-45/h14-43,47-51,53-64H,2-12,45H2,1H3,(H,46,52)/t14?,15?,16?,17?,18?,19?,20?,21-,22+,23+,24+,25?,26?,27?,28?,29?,30?,31?,32?,33-,34+,35?,36?,37?,38+,39-,40+,41+,42-,43+/m1/s1. The summed E-state index contributed by atoms with van der Waals surface area (Å²) in [7, 11) is 0. The molecule has 0 radical (unpaired) electrons. The van der Waals surface area contributed by atoms with Crippen LogP contribution in [0.4, 0.5) is 0 Å². The first-order valence-corrected chi connectivity index (χ1v) is 26.3. The quantitative estimate of drug-likeness (QED) is 0.0257. The van der Waals surface area contributed by atoms with Gasteiger partial charge in [0.05, 0.1) is 39.1 Å². The number of aliphatic hydroxyl groups excluding tert-OH is 17. The number of aliphatic hydroxyl groups is 17. The van der Waals surface area contributed by atoms with E-state index in [4.69, 9.17) is 62.6 Å². The fraction of sp³-hybridized carbons (Fsp3) is 0.977. The molecule has 1 amide bonds.